The Hall–Kier alpha value is -1.30. The van der Waals surface area contributed by atoms with Gasteiger partial charge in [-0.15, -0.1) is 0 Å². The molecular formula is C10H6BrF2NO2. The van der Waals surface area contributed by atoms with Crippen molar-refractivity contribution in [2.45, 2.75) is 10.7 Å². The molecule has 1 heterocycles. The molecule has 84 valence electrons. The molecule has 16 heavy (non-hydrogen) atoms. The van der Waals surface area contributed by atoms with Crippen LogP contribution in [0.5, 0.6) is 0 Å². The molecule has 1 aliphatic heterocycles. The predicted molar refractivity (Wildman–Crippen MR) is 55.0 cm³/mol. The maximum atomic E-state index is 13.4. The smallest absolute Gasteiger partial charge is 0.241 e. The van der Waals surface area contributed by atoms with Gasteiger partial charge in [-0.1, -0.05) is 22.0 Å². The van der Waals surface area contributed by atoms with E-state index in [4.69, 9.17) is 0 Å². The number of carbonyl (C=O) groups is 2. The van der Waals surface area contributed by atoms with Crippen LogP contribution in [0.4, 0.5) is 8.78 Å². The Balaban J connectivity index is 2.52. The first-order valence-corrected chi connectivity index (χ1v) is 5.36. The molecule has 1 aromatic carbocycles. The lowest BCUT2D eigenvalue weighted by atomic mass is 9.96. The third kappa shape index (κ3) is 1.63. The van der Waals surface area contributed by atoms with E-state index < -0.39 is 34.2 Å². The van der Waals surface area contributed by atoms with Crippen molar-refractivity contribution in [1.29, 1.82) is 0 Å². The number of alkyl halides is 1. The van der Waals surface area contributed by atoms with Crippen LogP contribution in [0.2, 0.25) is 0 Å². The van der Waals surface area contributed by atoms with Crippen LogP contribution in [0.25, 0.3) is 0 Å². The molecule has 1 aliphatic rings. The number of amides is 2. The van der Waals surface area contributed by atoms with E-state index in [-0.39, 0.29) is 5.56 Å². The Kier molecular flexibility index (Phi) is 2.75. The summed E-state index contributed by atoms with van der Waals surface area (Å²) >= 11 is 2.95. The normalized spacial score (nSPS) is 24.7. The van der Waals surface area contributed by atoms with Gasteiger partial charge in [0.05, 0.1) is 5.92 Å². The average Bonchev–Trinajstić information content (AvgIpc) is 2.44. The highest BCUT2D eigenvalue weighted by Crippen LogP contribution is 2.33. The topological polar surface area (TPSA) is 46.2 Å². The summed E-state index contributed by atoms with van der Waals surface area (Å²) in [5.74, 6) is -4.11. The zero-order valence-corrected chi connectivity index (χ0v) is 9.42. The van der Waals surface area contributed by atoms with Gasteiger partial charge in [-0.3, -0.25) is 14.9 Å². The summed E-state index contributed by atoms with van der Waals surface area (Å²) in [4.78, 5) is 21.6. The van der Waals surface area contributed by atoms with Crippen molar-refractivity contribution in [1.82, 2.24) is 5.32 Å². The molecule has 2 amide bonds. The van der Waals surface area contributed by atoms with Crippen LogP contribution in [-0.2, 0) is 9.59 Å². The van der Waals surface area contributed by atoms with Crippen molar-refractivity contribution >= 4 is 27.7 Å². The molecule has 0 radical (unpaired) electrons. The molecule has 1 N–H and O–H groups in total. The molecule has 1 aromatic rings. The fourth-order valence-corrected chi connectivity index (χ4v) is 2.26. The van der Waals surface area contributed by atoms with Gasteiger partial charge in [-0.05, 0) is 12.1 Å². The van der Waals surface area contributed by atoms with Crippen molar-refractivity contribution < 1.29 is 18.4 Å². The predicted octanol–water partition coefficient (Wildman–Crippen LogP) is 1.47. The van der Waals surface area contributed by atoms with E-state index in [1.54, 1.807) is 0 Å². The van der Waals surface area contributed by atoms with Gasteiger partial charge in [-0.2, -0.15) is 0 Å². The zero-order chi connectivity index (χ0) is 11.9. The van der Waals surface area contributed by atoms with Crippen LogP contribution in [0.3, 0.4) is 0 Å². The van der Waals surface area contributed by atoms with Crippen LogP contribution in [0.1, 0.15) is 11.5 Å². The minimum Gasteiger partial charge on any atom is -0.295 e. The number of carbonyl (C=O) groups excluding carboxylic acids is 2. The standard InChI is InChI=1S/C10H6BrF2NO2/c11-8-7(9(15)14-10(8)16)6-4(12)2-1-3-5(6)13/h1-3,7-8H,(H,14,15,16). The lowest BCUT2D eigenvalue weighted by Gasteiger charge is -2.11. The van der Waals surface area contributed by atoms with Crippen LogP contribution in [0.15, 0.2) is 18.2 Å². The highest BCUT2D eigenvalue weighted by Gasteiger charge is 2.43. The Morgan fingerprint density at radius 1 is 1.12 bits per heavy atom. The summed E-state index contributed by atoms with van der Waals surface area (Å²) in [7, 11) is 0. The van der Waals surface area contributed by atoms with E-state index >= 15 is 0 Å². The molecule has 6 heteroatoms. The summed E-state index contributed by atoms with van der Waals surface area (Å²) in [6.07, 6.45) is 0. The summed E-state index contributed by atoms with van der Waals surface area (Å²) < 4.78 is 26.8. The Labute approximate surface area is 98.0 Å². The molecule has 1 fully saturated rings. The van der Waals surface area contributed by atoms with Crippen LogP contribution in [0, 0.1) is 11.6 Å². The van der Waals surface area contributed by atoms with Crippen molar-refractivity contribution in [2.75, 3.05) is 0 Å². The molecule has 2 rings (SSSR count). The van der Waals surface area contributed by atoms with E-state index in [1.165, 1.54) is 6.07 Å². The summed E-state index contributed by atoms with van der Waals surface area (Å²) in [6, 6.07) is 3.30. The van der Waals surface area contributed by atoms with E-state index in [9.17, 15) is 18.4 Å². The largest absolute Gasteiger partial charge is 0.295 e. The number of rotatable bonds is 1. The van der Waals surface area contributed by atoms with E-state index in [0.717, 1.165) is 12.1 Å². The second-order valence-corrected chi connectivity index (χ2v) is 4.35. The first kappa shape index (κ1) is 11.2. The Bertz CT molecular complexity index is 458. The van der Waals surface area contributed by atoms with E-state index in [0.29, 0.717) is 0 Å². The third-order valence-corrected chi connectivity index (χ3v) is 3.33. The molecule has 2 atom stereocenters. The van der Waals surface area contributed by atoms with Crippen molar-refractivity contribution in [2.24, 2.45) is 0 Å². The zero-order valence-electron chi connectivity index (χ0n) is 7.84. The van der Waals surface area contributed by atoms with Crippen LogP contribution < -0.4 is 5.32 Å². The first-order valence-electron chi connectivity index (χ1n) is 4.45. The maximum Gasteiger partial charge on any atom is 0.241 e. The second-order valence-electron chi connectivity index (χ2n) is 3.37. The van der Waals surface area contributed by atoms with Gasteiger partial charge < -0.3 is 0 Å². The SMILES string of the molecule is O=C1NC(=O)C(c2c(F)cccc2F)C1Br. The number of nitrogens with one attached hydrogen (secondary N) is 1. The third-order valence-electron chi connectivity index (χ3n) is 2.38. The molecular weight excluding hydrogens is 284 g/mol. The number of halogens is 3. The summed E-state index contributed by atoms with van der Waals surface area (Å²) in [5.41, 5.74) is -0.382. The molecule has 0 bridgehead atoms. The summed E-state index contributed by atoms with van der Waals surface area (Å²) in [6.45, 7) is 0. The minimum absolute atomic E-state index is 0.382. The van der Waals surface area contributed by atoms with Crippen LogP contribution in [-0.4, -0.2) is 16.6 Å². The highest BCUT2D eigenvalue weighted by atomic mass is 79.9. The molecule has 2 unspecified atom stereocenters. The molecule has 0 spiro atoms. The van der Waals surface area contributed by atoms with Gasteiger partial charge >= 0.3 is 0 Å². The Morgan fingerprint density at radius 3 is 2.12 bits per heavy atom. The number of hydrogen-bond donors (Lipinski definition) is 1. The highest BCUT2D eigenvalue weighted by molar-refractivity contribution is 9.10. The molecule has 0 aliphatic carbocycles. The quantitative estimate of drug-likeness (QED) is 0.629. The fraction of sp³-hybridized carbons (Fsp3) is 0.200. The fourth-order valence-electron chi connectivity index (χ4n) is 1.64. The van der Waals surface area contributed by atoms with Gasteiger partial charge in [-0.25, -0.2) is 8.78 Å². The van der Waals surface area contributed by atoms with Crippen molar-refractivity contribution in [3.05, 3.63) is 35.4 Å². The number of hydrogen-bond acceptors (Lipinski definition) is 2. The van der Waals surface area contributed by atoms with Gasteiger partial charge in [0.2, 0.25) is 11.8 Å². The second kappa shape index (κ2) is 3.93. The van der Waals surface area contributed by atoms with Gasteiger partial charge in [0.1, 0.15) is 16.5 Å². The van der Waals surface area contributed by atoms with Gasteiger partial charge in [0, 0.05) is 5.56 Å². The summed E-state index contributed by atoms with van der Waals surface area (Å²) in [5, 5.41) is 2.01. The average molecular weight is 290 g/mol. The first-order chi connectivity index (χ1) is 7.52. The molecule has 1 saturated heterocycles. The van der Waals surface area contributed by atoms with Crippen LogP contribution >= 0.6 is 15.9 Å². The number of imide groups is 1. The monoisotopic (exact) mass is 289 g/mol. The van der Waals surface area contributed by atoms with E-state index in [1.807, 2.05) is 5.32 Å². The Morgan fingerprint density at radius 2 is 1.69 bits per heavy atom. The minimum atomic E-state index is -1.16. The lowest BCUT2D eigenvalue weighted by Crippen LogP contribution is -2.22. The van der Waals surface area contributed by atoms with Crippen molar-refractivity contribution in [3.63, 3.8) is 0 Å². The number of benzene rings is 1. The molecule has 3 nitrogen and oxygen atoms in total. The maximum absolute atomic E-state index is 13.4. The molecule has 0 saturated carbocycles. The lowest BCUT2D eigenvalue weighted by molar-refractivity contribution is -0.125. The van der Waals surface area contributed by atoms with Gasteiger partial charge in [0.25, 0.3) is 0 Å². The van der Waals surface area contributed by atoms with Gasteiger partial charge in [0.15, 0.2) is 0 Å². The van der Waals surface area contributed by atoms with E-state index in [2.05, 4.69) is 15.9 Å². The van der Waals surface area contributed by atoms with Crippen molar-refractivity contribution in [3.8, 4) is 0 Å². The molecule has 0 aromatic heterocycles.